The minimum absolute atomic E-state index is 0.512. The fourth-order valence-electron chi connectivity index (χ4n) is 2.56. The summed E-state index contributed by atoms with van der Waals surface area (Å²) in [5.41, 5.74) is 13.2. The first-order valence-electron chi connectivity index (χ1n) is 6.31. The van der Waals surface area contributed by atoms with Crippen LogP contribution in [0.4, 0.5) is 5.95 Å². The minimum Gasteiger partial charge on any atom is -0.369 e. The Morgan fingerprint density at radius 1 is 1.15 bits per heavy atom. The highest BCUT2D eigenvalue weighted by molar-refractivity contribution is 7.16. The Hall–Kier alpha value is -2.40. The van der Waals surface area contributed by atoms with Crippen molar-refractivity contribution in [2.75, 3.05) is 5.73 Å². The molecule has 5 heteroatoms. The molecule has 0 amide bonds. The van der Waals surface area contributed by atoms with Crippen molar-refractivity contribution in [1.82, 2.24) is 14.5 Å². The van der Waals surface area contributed by atoms with Crippen LogP contribution < -0.4 is 5.73 Å². The standard InChI is InChI=1S/C15H12N4S/c1-9-3-2-4-12-14(9)19(15(16)18-12)10-5-6-11-13(7-10)20-8-17-11/h2-8H,1H3,(H2,16,18). The van der Waals surface area contributed by atoms with E-state index in [1.54, 1.807) is 11.3 Å². The van der Waals surface area contributed by atoms with Gasteiger partial charge in [0.1, 0.15) is 0 Å². The van der Waals surface area contributed by atoms with Crippen LogP contribution in [0.2, 0.25) is 0 Å². The molecular weight excluding hydrogens is 268 g/mol. The van der Waals surface area contributed by atoms with E-state index in [-0.39, 0.29) is 0 Å². The molecule has 0 spiro atoms. The van der Waals surface area contributed by atoms with Gasteiger partial charge in [0, 0.05) is 0 Å². The zero-order valence-corrected chi connectivity index (χ0v) is 11.7. The average Bonchev–Trinajstić information content (AvgIpc) is 3.01. The lowest BCUT2D eigenvalue weighted by Crippen LogP contribution is -2.01. The van der Waals surface area contributed by atoms with Crippen molar-refractivity contribution in [1.29, 1.82) is 0 Å². The Morgan fingerprint density at radius 3 is 2.95 bits per heavy atom. The van der Waals surface area contributed by atoms with Crippen molar-refractivity contribution in [3.05, 3.63) is 47.5 Å². The van der Waals surface area contributed by atoms with Gasteiger partial charge in [0.25, 0.3) is 0 Å². The third-order valence-electron chi connectivity index (χ3n) is 3.48. The molecule has 0 aliphatic rings. The summed E-state index contributed by atoms with van der Waals surface area (Å²) < 4.78 is 3.15. The van der Waals surface area contributed by atoms with Gasteiger partial charge in [-0.3, -0.25) is 4.57 Å². The van der Waals surface area contributed by atoms with Gasteiger partial charge in [-0.25, -0.2) is 9.97 Å². The van der Waals surface area contributed by atoms with E-state index in [1.807, 2.05) is 34.3 Å². The fraction of sp³-hybridized carbons (Fsp3) is 0.0667. The number of nitrogen functional groups attached to an aromatic ring is 1. The van der Waals surface area contributed by atoms with Gasteiger partial charge in [0.2, 0.25) is 5.95 Å². The molecule has 4 aromatic rings. The van der Waals surface area contributed by atoms with Crippen LogP contribution in [-0.2, 0) is 0 Å². The Kier molecular flexibility index (Phi) is 2.31. The fourth-order valence-corrected chi connectivity index (χ4v) is 3.27. The van der Waals surface area contributed by atoms with Crippen LogP contribution in [0.5, 0.6) is 0 Å². The highest BCUT2D eigenvalue weighted by atomic mass is 32.1. The molecule has 2 aromatic heterocycles. The SMILES string of the molecule is Cc1cccc2nc(N)n(-c3ccc4ncsc4c3)c12. The molecule has 0 saturated carbocycles. The van der Waals surface area contributed by atoms with Gasteiger partial charge in [-0.15, -0.1) is 11.3 Å². The second-order valence-electron chi connectivity index (χ2n) is 4.75. The number of nitrogens with two attached hydrogens (primary N) is 1. The van der Waals surface area contributed by atoms with E-state index < -0.39 is 0 Å². The number of para-hydroxylation sites is 1. The summed E-state index contributed by atoms with van der Waals surface area (Å²) >= 11 is 1.63. The minimum atomic E-state index is 0.512. The van der Waals surface area contributed by atoms with Gasteiger partial charge in [0.05, 0.1) is 32.4 Å². The Balaban J connectivity index is 2.08. The maximum atomic E-state index is 6.11. The smallest absolute Gasteiger partial charge is 0.205 e. The molecule has 2 heterocycles. The third kappa shape index (κ3) is 1.53. The van der Waals surface area contributed by atoms with Crippen LogP contribution in [0.25, 0.3) is 26.9 Å². The number of thiazole rings is 1. The molecule has 2 N–H and O–H groups in total. The normalized spacial score (nSPS) is 11.4. The molecule has 2 aromatic carbocycles. The molecule has 0 aliphatic carbocycles. The zero-order valence-electron chi connectivity index (χ0n) is 10.9. The van der Waals surface area contributed by atoms with Gasteiger partial charge in [-0.2, -0.15) is 0 Å². The van der Waals surface area contributed by atoms with E-state index in [0.717, 1.165) is 32.5 Å². The first-order valence-corrected chi connectivity index (χ1v) is 7.19. The predicted molar refractivity (Wildman–Crippen MR) is 83.4 cm³/mol. The van der Waals surface area contributed by atoms with E-state index in [2.05, 4.69) is 29.0 Å². The first kappa shape index (κ1) is 11.4. The van der Waals surface area contributed by atoms with Gasteiger partial charge in [0.15, 0.2) is 0 Å². The van der Waals surface area contributed by atoms with Crippen molar-refractivity contribution in [3.63, 3.8) is 0 Å². The molecule has 0 bridgehead atoms. The van der Waals surface area contributed by atoms with Crippen LogP contribution in [0.15, 0.2) is 41.9 Å². The van der Waals surface area contributed by atoms with Crippen LogP contribution >= 0.6 is 11.3 Å². The number of aryl methyl sites for hydroxylation is 1. The highest BCUT2D eigenvalue weighted by Crippen LogP contribution is 2.28. The van der Waals surface area contributed by atoms with Crippen molar-refractivity contribution >= 4 is 38.5 Å². The van der Waals surface area contributed by atoms with Gasteiger partial charge in [-0.1, -0.05) is 12.1 Å². The number of imidazole rings is 1. The van der Waals surface area contributed by atoms with Crippen LogP contribution in [0, 0.1) is 6.92 Å². The van der Waals surface area contributed by atoms with Gasteiger partial charge < -0.3 is 5.73 Å². The van der Waals surface area contributed by atoms with Crippen molar-refractivity contribution < 1.29 is 0 Å². The number of fused-ring (bicyclic) bond motifs is 2. The number of hydrogen-bond donors (Lipinski definition) is 1. The molecule has 0 fully saturated rings. The summed E-state index contributed by atoms with van der Waals surface area (Å²) in [6, 6.07) is 12.2. The first-order chi connectivity index (χ1) is 9.74. The molecule has 20 heavy (non-hydrogen) atoms. The topological polar surface area (TPSA) is 56.7 Å². The van der Waals surface area contributed by atoms with E-state index in [1.165, 1.54) is 0 Å². The summed E-state index contributed by atoms with van der Waals surface area (Å²) in [7, 11) is 0. The summed E-state index contributed by atoms with van der Waals surface area (Å²) in [5.74, 6) is 0.512. The Bertz CT molecular complexity index is 936. The van der Waals surface area contributed by atoms with E-state index in [9.17, 15) is 0 Å². The lowest BCUT2D eigenvalue weighted by atomic mass is 10.2. The Labute approximate surface area is 119 Å². The maximum absolute atomic E-state index is 6.11. The quantitative estimate of drug-likeness (QED) is 0.580. The summed E-state index contributed by atoms with van der Waals surface area (Å²) in [4.78, 5) is 8.75. The van der Waals surface area contributed by atoms with Gasteiger partial charge >= 0.3 is 0 Å². The molecular formula is C15H12N4S. The second-order valence-corrected chi connectivity index (χ2v) is 5.64. The number of benzene rings is 2. The zero-order chi connectivity index (χ0) is 13.7. The summed E-state index contributed by atoms with van der Waals surface area (Å²) in [6.45, 7) is 2.07. The number of hydrogen-bond acceptors (Lipinski definition) is 4. The van der Waals surface area contributed by atoms with E-state index >= 15 is 0 Å². The van der Waals surface area contributed by atoms with Crippen LogP contribution in [-0.4, -0.2) is 14.5 Å². The molecule has 0 atom stereocenters. The largest absolute Gasteiger partial charge is 0.369 e. The highest BCUT2D eigenvalue weighted by Gasteiger charge is 2.12. The number of anilines is 1. The van der Waals surface area contributed by atoms with E-state index in [4.69, 9.17) is 5.73 Å². The summed E-state index contributed by atoms with van der Waals surface area (Å²) in [5, 5.41) is 0. The lowest BCUT2D eigenvalue weighted by molar-refractivity contribution is 1.11. The molecule has 0 saturated heterocycles. The molecule has 4 rings (SSSR count). The number of rotatable bonds is 1. The molecule has 0 radical (unpaired) electrons. The van der Waals surface area contributed by atoms with Crippen molar-refractivity contribution in [2.45, 2.75) is 6.92 Å². The maximum Gasteiger partial charge on any atom is 0.205 e. The third-order valence-corrected chi connectivity index (χ3v) is 4.27. The van der Waals surface area contributed by atoms with Crippen molar-refractivity contribution in [2.24, 2.45) is 0 Å². The van der Waals surface area contributed by atoms with Crippen LogP contribution in [0.1, 0.15) is 5.56 Å². The predicted octanol–water partition coefficient (Wildman–Crippen LogP) is 3.53. The lowest BCUT2D eigenvalue weighted by Gasteiger charge is -2.08. The number of aromatic nitrogens is 3. The Morgan fingerprint density at radius 2 is 2.05 bits per heavy atom. The van der Waals surface area contributed by atoms with E-state index in [0.29, 0.717) is 5.95 Å². The second kappa shape index (κ2) is 4.05. The molecule has 4 nitrogen and oxygen atoms in total. The van der Waals surface area contributed by atoms with Crippen molar-refractivity contribution in [3.8, 4) is 5.69 Å². The molecule has 98 valence electrons. The summed E-state index contributed by atoms with van der Waals surface area (Å²) in [6.07, 6.45) is 0. The number of nitrogens with zero attached hydrogens (tertiary/aromatic N) is 3. The van der Waals surface area contributed by atoms with Crippen LogP contribution in [0.3, 0.4) is 0 Å². The molecule has 0 aliphatic heterocycles. The molecule has 0 unspecified atom stereocenters. The monoisotopic (exact) mass is 280 g/mol. The average molecular weight is 280 g/mol. The van der Waals surface area contributed by atoms with Gasteiger partial charge in [-0.05, 0) is 36.8 Å².